The van der Waals surface area contributed by atoms with Crippen LogP contribution in [-0.4, -0.2) is 47.4 Å². The van der Waals surface area contributed by atoms with Crippen LogP contribution in [-0.2, 0) is 14.3 Å². The van der Waals surface area contributed by atoms with E-state index in [0.717, 1.165) is 38.5 Å². The molecule has 0 aromatic carbocycles. The molecule has 0 saturated heterocycles. The number of hydrogen-bond acceptors (Lipinski definition) is 5. The van der Waals surface area contributed by atoms with Crippen LogP contribution in [0.5, 0.6) is 0 Å². The molecule has 0 aliphatic rings. The van der Waals surface area contributed by atoms with Crippen molar-refractivity contribution in [1.29, 1.82) is 0 Å². The maximum atomic E-state index is 12.4. The van der Waals surface area contributed by atoms with Crippen LogP contribution in [0.3, 0.4) is 0 Å². The quantitative estimate of drug-likeness (QED) is 0.0320. The highest BCUT2D eigenvalue weighted by Gasteiger charge is 2.18. The number of rotatable bonds is 63. The van der Waals surface area contributed by atoms with Crippen LogP contribution in [0.1, 0.15) is 380 Å². The van der Waals surface area contributed by atoms with E-state index < -0.39 is 12.1 Å². The molecule has 0 radical (unpaired) electrons. The molecule has 0 spiro atoms. The van der Waals surface area contributed by atoms with Crippen molar-refractivity contribution in [3.05, 3.63) is 12.2 Å². The van der Waals surface area contributed by atoms with Crippen LogP contribution >= 0.6 is 0 Å². The van der Waals surface area contributed by atoms with E-state index in [0.29, 0.717) is 19.4 Å². The highest BCUT2D eigenvalue weighted by molar-refractivity contribution is 5.76. The fraction of sp³-hybridized carbons (Fsp3) is 0.940. The molecule has 6 nitrogen and oxygen atoms in total. The first-order chi connectivity index (χ1) is 36.0. The van der Waals surface area contributed by atoms with Gasteiger partial charge in [0.15, 0.2) is 0 Å². The van der Waals surface area contributed by atoms with Gasteiger partial charge >= 0.3 is 5.97 Å². The third-order valence-electron chi connectivity index (χ3n) is 15.8. The van der Waals surface area contributed by atoms with Crippen molar-refractivity contribution in [2.75, 3.05) is 13.2 Å². The Balaban J connectivity index is 3.30. The number of unbranched alkanes of at least 4 members (excludes halogenated alkanes) is 52. The summed E-state index contributed by atoms with van der Waals surface area (Å²) >= 11 is 0. The van der Waals surface area contributed by atoms with Crippen LogP contribution in [0.2, 0.25) is 0 Å². The number of hydrogen-bond donors (Lipinski definition) is 3. The summed E-state index contributed by atoms with van der Waals surface area (Å²) in [6, 6.07) is -0.623. The maximum absolute atomic E-state index is 12.4. The van der Waals surface area contributed by atoms with Crippen LogP contribution < -0.4 is 5.32 Å². The van der Waals surface area contributed by atoms with Crippen LogP contribution in [0.15, 0.2) is 12.2 Å². The first-order valence-corrected chi connectivity index (χ1v) is 33.5. The molecule has 0 saturated carbocycles. The fourth-order valence-corrected chi connectivity index (χ4v) is 10.7. The summed E-state index contributed by atoms with van der Waals surface area (Å²) in [5.41, 5.74) is 0. The van der Waals surface area contributed by atoms with E-state index in [-0.39, 0.29) is 18.5 Å². The average molecular weight is 1030 g/mol. The van der Waals surface area contributed by atoms with Crippen LogP contribution in [0, 0.1) is 0 Å². The Hall–Kier alpha value is -1.40. The highest BCUT2D eigenvalue weighted by atomic mass is 16.5. The number of amides is 1. The lowest BCUT2D eigenvalue weighted by atomic mass is 10.0. The van der Waals surface area contributed by atoms with Crippen molar-refractivity contribution in [1.82, 2.24) is 5.32 Å². The summed E-state index contributed by atoms with van der Waals surface area (Å²) in [7, 11) is 0. The third kappa shape index (κ3) is 59.7. The lowest BCUT2D eigenvalue weighted by Crippen LogP contribution is -2.45. The van der Waals surface area contributed by atoms with Gasteiger partial charge in [-0.05, 0) is 32.1 Å². The summed E-state index contributed by atoms with van der Waals surface area (Å²) in [6.07, 6.45) is 77.2. The fourth-order valence-electron chi connectivity index (χ4n) is 10.7. The number of carbonyl (C=O) groups is 2. The van der Waals surface area contributed by atoms with Crippen molar-refractivity contribution < 1.29 is 24.5 Å². The minimum atomic E-state index is -0.839. The van der Waals surface area contributed by atoms with Gasteiger partial charge in [-0.25, -0.2) is 0 Å². The van der Waals surface area contributed by atoms with Crippen LogP contribution in [0.4, 0.5) is 0 Å². The molecule has 73 heavy (non-hydrogen) atoms. The number of esters is 1. The number of ether oxygens (including phenoxy) is 1. The summed E-state index contributed by atoms with van der Waals surface area (Å²) < 4.78 is 5.51. The molecule has 434 valence electrons. The maximum Gasteiger partial charge on any atom is 0.305 e. The minimum Gasteiger partial charge on any atom is -0.466 e. The van der Waals surface area contributed by atoms with Gasteiger partial charge in [0, 0.05) is 12.8 Å². The zero-order valence-corrected chi connectivity index (χ0v) is 49.6. The zero-order chi connectivity index (χ0) is 52.9. The monoisotopic (exact) mass is 1030 g/mol. The van der Waals surface area contributed by atoms with E-state index in [9.17, 15) is 19.8 Å². The largest absolute Gasteiger partial charge is 0.466 e. The van der Waals surface area contributed by atoms with Crippen molar-refractivity contribution in [3.63, 3.8) is 0 Å². The predicted molar refractivity (Wildman–Crippen MR) is 320 cm³/mol. The van der Waals surface area contributed by atoms with E-state index in [1.807, 2.05) is 6.08 Å². The average Bonchev–Trinajstić information content (AvgIpc) is 3.39. The second-order valence-corrected chi connectivity index (χ2v) is 23.2. The number of allylic oxidation sites excluding steroid dienone is 1. The van der Waals surface area contributed by atoms with E-state index in [1.165, 1.54) is 315 Å². The Morgan fingerprint density at radius 3 is 0.932 bits per heavy atom. The molecule has 0 fully saturated rings. The lowest BCUT2D eigenvalue weighted by Gasteiger charge is -2.20. The SMILES string of the molecule is CCCCCCCCCC/C=C/C(O)C(CO)NC(=O)CCCCCCCCCCCCCCCCCCCCCCCCCCCCCCOC(=O)CCCCCCCCCCCCCCCCCCCC. The Labute approximate surface area is 457 Å². The lowest BCUT2D eigenvalue weighted by molar-refractivity contribution is -0.143. The topological polar surface area (TPSA) is 95.9 Å². The van der Waals surface area contributed by atoms with Crippen LogP contribution in [0.25, 0.3) is 0 Å². The van der Waals surface area contributed by atoms with Gasteiger partial charge in [-0.2, -0.15) is 0 Å². The highest BCUT2D eigenvalue weighted by Crippen LogP contribution is 2.19. The first-order valence-electron chi connectivity index (χ1n) is 33.5. The number of nitrogens with one attached hydrogen (secondary N) is 1. The molecule has 0 heterocycles. The minimum absolute atomic E-state index is 0.0235. The van der Waals surface area contributed by atoms with Gasteiger partial charge in [0.25, 0.3) is 0 Å². The summed E-state index contributed by atoms with van der Waals surface area (Å²) in [5, 5.41) is 23.0. The summed E-state index contributed by atoms with van der Waals surface area (Å²) in [5.74, 6) is -0.0415. The molecule has 0 aromatic heterocycles. The first kappa shape index (κ1) is 71.6. The van der Waals surface area contributed by atoms with Gasteiger partial charge in [0.1, 0.15) is 0 Å². The van der Waals surface area contributed by atoms with E-state index in [2.05, 4.69) is 19.2 Å². The molecular formula is C67H131NO5. The van der Waals surface area contributed by atoms with E-state index in [1.54, 1.807) is 6.08 Å². The normalized spacial score (nSPS) is 12.5. The second kappa shape index (κ2) is 63.1. The molecular weight excluding hydrogens is 899 g/mol. The molecule has 0 aliphatic heterocycles. The molecule has 3 N–H and O–H groups in total. The Kier molecular flexibility index (Phi) is 61.9. The molecule has 2 atom stereocenters. The van der Waals surface area contributed by atoms with Gasteiger partial charge in [-0.1, -0.05) is 347 Å². The van der Waals surface area contributed by atoms with Crippen molar-refractivity contribution in [3.8, 4) is 0 Å². The number of aliphatic hydroxyl groups excluding tert-OH is 2. The van der Waals surface area contributed by atoms with E-state index >= 15 is 0 Å². The number of aliphatic hydroxyl groups is 2. The van der Waals surface area contributed by atoms with Gasteiger partial charge in [-0.15, -0.1) is 0 Å². The predicted octanol–water partition coefficient (Wildman–Crippen LogP) is 21.2. The van der Waals surface area contributed by atoms with E-state index in [4.69, 9.17) is 4.74 Å². The molecule has 0 bridgehead atoms. The Morgan fingerprint density at radius 2 is 0.630 bits per heavy atom. The molecule has 0 rings (SSSR count). The summed E-state index contributed by atoms with van der Waals surface area (Å²) in [4.78, 5) is 24.5. The van der Waals surface area contributed by atoms with Gasteiger partial charge in [-0.3, -0.25) is 9.59 Å². The third-order valence-corrected chi connectivity index (χ3v) is 15.8. The van der Waals surface area contributed by atoms with Crippen molar-refractivity contribution in [2.24, 2.45) is 0 Å². The molecule has 1 amide bonds. The molecule has 2 unspecified atom stereocenters. The molecule has 0 aliphatic carbocycles. The van der Waals surface area contributed by atoms with Gasteiger partial charge < -0.3 is 20.3 Å². The second-order valence-electron chi connectivity index (χ2n) is 23.2. The smallest absolute Gasteiger partial charge is 0.305 e. The summed E-state index contributed by atoms with van der Waals surface area (Å²) in [6.45, 7) is 4.92. The standard InChI is InChI=1S/C67H131NO5/c1-3-5-7-9-11-13-15-16-17-18-32-35-38-41-45-49-53-57-61-67(72)73-62-58-54-50-46-42-39-36-33-30-28-26-24-22-20-19-21-23-25-27-29-31-34-37-40-44-48-52-56-60-66(71)68-64(63-69)65(70)59-55-51-47-43-14-12-10-8-6-4-2/h55,59,64-65,69-70H,3-54,56-58,60-63H2,1-2H3,(H,68,71)/b59-55+. The van der Waals surface area contributed by atoms with Crippen molar-refractivity contribution in [2.45, 2.75) is 392 Å². The Bertz CT molecular complexity index is 1100. The van der Waals surface area contributed by atoms with Gasteiger partial charge in [0.05, 0.1) is 25.4 Å². The number of carbonyl (C=O) groups excluding carboxylic acids is 2. The zero-order valence-electron chi connectivity index (χ0n) is 49.6. The van der Waals surface area contributed by atoms with Crippen molar-refractivity contribution >= 4 is 11.9 Å². The van der Waals surface area contributed by atoms with Gasteiger partial charge in [0.2, 0.25) is 5.91 Å². The molecule has 6 heteroatoms. The molecule has 0 aromatic rings. The Morgan fingerprint density at radius 1 is 0.370 bits per heavy atom.